The summed E-state index contributed by atoms with van der Waals surface area (Å²) in [6, 6.07) is 0.268. The first-order chi connectivity index (χ1) is 10.8. The topological polar surface area (TPSA) is 60.2 Å². The van der Waals surface area contributed by atoms with Crippen LogP contribution in [0.25, 0.3) is 0 Å². The van der Waals surface area contributed by atoms with E-state index in [1.165, 1.54) is 19.3 Å². The third-order valence-corrected chi connectivity index (χ3v) is 4.53. The van der Waals surface area contributed by atoms with Crippen molar-refractivity contribution >= 4 is 5.91 Å². The first-order valence-corrected chi connectivity index (χ1v) is 8.55. The second-order valence-corrected chi connectivity index (χ2v) is 6.44. The van der Waals surface area contributed by atoms with E-state index in [2.05, 4.69) is 23.4 Å². The Bertz CT molecular complexity index is 498. The maximum absolute atomic E-state index is 12.1. The van der Waals surface area contributed by atoms with E-state index >= 15 is 0 Å². The van der Waals surface area contributed by atoms with Crippen molar-refractivity contribution in [2.24, 2.45) is 0 Å². The molecule has 1 saturated heterocycles. The molecule has 1 aromatic heterocycles. The SMILES string of the molecule is CCCCCOCC(=O)N1CCC(n2cc(C3CC3)nn2)C1. The molecule has 3 rings (SSSR count). The quantitative estimate of drug-likeness (QED) is 0.690. The molecule has 0 radical (unpaired) electrons. The molecule has 6 heteroatoms. The smallest absolute Gasteiger partial charge is 0.248 e. The minimum atomic E-state index is 0.0986. The van der Waals surface area contributed by atoms with E-state index < -0.39 is 0 Å². The van der Waals surface area contributed by atoms with Crippen LogP contribution in [0.3, 0.4) is 0 Å². The highest BCUT2D eigenvalue weighted by Gasteiger charge is 2.31. The number of ether oxygens (including phenoxy) is 1. The van der Waals surface area contributed by atoms with Crippen molar-refractivity contribution in [1.29, 1.82) is 0 Å². The van der Waals surface area contributed by atoms with E-state index in [1.54, 1.807) is 0 Å². The Balaban J connectivity index is 1.41. The van der Waals surface area contributed by atoms with Crippen LogP contribution < -0.4 is 0 Å². The van der Waals surface area contributed by atoms with E-state index in [0.29, 0.717) is 12.5 Å². The summed E-state index contributed by atoms with van der Waals surface area (Å²) in [4.78, 5) is 14.0. The number of hydrogen-bond acceptors (Lipinski definition) is 4. The molecular formula is C16H26N4O2. The monoisotopic (exact) mass is 306 g/mol. The zero-order chi connectivity index (χ0) is 15.4. The highest BCUT2D eigenvalue weighted by atomic mass is 16.5. The Morgan fingerprint density at radius 2 is 2.23 bits per heavy atom. The van der Waals surface area contributed by atoms with Gasteiger partial charge in [-0.1, -0.05) is 25.0 Å². The van der Waals surface area contributed by atoms with E-state index in [4.69, 9.17) is 4.74 Å². The van der Waals surface area contributed by atoms with Crippen LogP contribution in [0.1, 0.15) is 63.1 Å². The Morgan fingerprint density at radius 1 is 1.36 bits per heavy atom. The Morgan fingerprint density at radius 3 is 3.00 bits per heavy atom. The lowest BCUT2D eigenvalue weighted by atomic mass is 10.2. The molecule has 122 valence electrons. The predicted octanol–water partition coefficient (Wildman–Crippen LogP) is 2.14. The van der Waals surface area contributed by atoms with Gasteiger partial charge in [-0.25, -0.2) is 4.68 Å². The van der Waals surface area contributed by atoms with Gasteiger partial charge in [0, 0.05) is 31.8 Å². The largest absolute Gasteiger partial charge is 0.372 e. The lowest BCUT2D eigenvalue weighted by Crippen LogP contribution is -2.32. The molecule has 6 nitrogen and oxygen atoms in total. The van der Waals surface area contributed by atoms with E-state index in [-0.39, 0.29) is 18.6 Å². The lowest BCUT2D eigenvalue weighted by molar-refractivity contribution is -0.135. The number of rotatable bonds is 8. The van der Waals surface area contributed by atoms with E-state index in [1.807, 2.05) is 9.58 Å². The lowest BCUT2D eigenvalue weighted by Gasteiger charge is -2.16. The third-order valence-electron chi connectivity index (χ3n) is 4.53. The fourth-order valence-corrected chi connectivity index (χ4v) is 2.92. The summed E-state index contributed by atoms with van der Waals surface area (Å²) in [5.74, 6) is 0.728. The molecule has 2 heterocycles. The van der Waals surface area contributed by atoms with Crippen LogP contribution in [0.2, 0.25) is 0 Å². The van der Waals surface area contributed by atoms with Crippen molar-refractivity contribution in [1.82, 2.24) is 19.9 Å². The van der Waals surface area contributed by atoms with Gasteiger partial charge in [-0.05, 0) is 25.7 Å². The highest BCUT2D eigenvalue weighted by molar-refractivity contribution is 5.77. The number of amides is 1. The molecule has 1 unspecified atom stereocenters. The van der Waals surface area contributed by atoms with Gasteiger partial charge >= 0.3 is 0 Å². The Kier molecular flexibility index (Phi) is 5.08. The number of hydrogen-bond donors (Lipinski definition) is 0. The van der Waals surface area contributed by atoms with Crippen molar-refractivity contribution in [2.75, 3.05) is 26.3 Å². The molecule has 1 aliphatic carbocycles. The van der Waals surface area contributed by atoms with Gasteiger partial charge in [0.2, 0.25) is 5.91 Å². The highest BCUT2D eigenvalue weighted by Crippen LogP contribution is 2.39. The van der Waals surface area contributed by atoms with Gasteiger partial charge in [0.15, 0.2) is 0 Å². The van der Waals surface area contributed by atoms with Gasteiger partial charge < -0.3 is 9.64 Å². The summed E-state index contributed by atoms with van der Waals surface area (Å²) >= 11 is 0. The molecule has 1 saturated carbocycles. The molecule has 1 amide bonds. The molecule has 0 aromatic carbocycles. The van der Waals surface area contributed by atoms with Gasteiger partial charge in [-0.15, -0.1) is 5.10 Å². The molecule has 1 aliphatic heterocycles. The molecule has 0 spiro atoms. The van der Waals surface area contributed by atoms with Crippen LogP contribution in [0, 0.1) is 0 Å². The standard InChI is InChI=1S/C16H26N4O2/c1-2-3-4-9-22-12-16(21)19-8-7-14(10-19)20-11-15(17-18-20)13-5-6-13/h11,13-14H,2-10,12H2,1H3. The number of unbranched alkanes of at least 4 members (excludes halogenated alkanes) is 2. The van der Waals surface area contributed by atoms with Crippen molar-refractivity contribution in [3.05, 3.63) is 11.9 Å². The Labute approximate surface area is 131 Å². The zero-order valence-electron chi connectivity index (χ0n) is 13.4. The van der Waals surface area contributed by atoms with E-state index in [9.17, 15) is 4.79 Å². The number of nitrogens with zero attached hydrogens (tertiary/aromatic N) is 4. The third kappa shape index (κ3) is 3.85. The van der Waals surface area contributed by atoms with Crippen molar-refractivity contribution in [2.45, 2.75) is 57.4 Å². The van der Waals surface area contributed by atoms with Gasteiger partial charge in [0.25, 0.3) is 0 Å². The summed E-state index contributed by atoms with van der Waals surface area (Å²) in [7, 11) is 0. The number of carbonyl (C=O) groups excluding carboxylic acids is 1. The molecule has 2 aliphatic rings. The fraction of sp³-hybridized carbons (Fsp3) is 0.812. The molecule has 1 aromatic rings. The summed E-state index contributed by atoms with van der Waals surface area (Å²) in [6.07, 6.45) is 8.87. The van der Waals surface area contributed by atoms with Crippen LogP contribution in [-0.2, 0) is 9.53 Å². The Hall–Kier alpha value is -1.43. The fourth-order valence-electron chi connectivity index (χ4n) is 2.92. The van der Waals surface area contributed by atoms with Crippen LogP contribution in [-0.4, -0.2) is 52.1 Å². The summed E-state index contributed by atoms with van der Waals surface area (Å²) in [5.41, 5.74) is 1.11. The van der Waals surface area contributed by atoms with E-state index in [0.717, 1.165) is 38.0 Å². The summed E-state index contributed by atoms with van der Waals surface area (Å²) < 4.78 is 7.42. The van der Waals surface area contributed by atoms with Gasteiger partial charge in [-0.3, -0.25) is 4.79 Å². The van der Waals surface area contributed by atoms with Gasteiger partial charge in [0.1, 0.15) is 6.61 Å². The second kappa shape index (κ2) is 7.22. The molecule has 1 atom stereocenters. The molecule has 22 heavy (non-hydrogen) atoms. The second-order valence-electron chi connectivity index (χ2n) is 6.44. The van der Waals surface area contributed by atoms with Crippen LogP contribution in [0.15, 0.2) is 6.20 Å². The maximum Gasteiger partial charge on any atom is 0.248 e. The van der Waals surface area contributed by atoms with Gasteiger partial charge in [-0.2, -0.15) is 0 Å². The predicted molar refractivity (Wildman–Crippen MR) is 82.6 cm³/mol. The van der Waals surface area contributed by atoms with Crippen molar-refractivity contribution in [3.63, 3.8) is 0 Å². The molecular weight excluding hydrogens is 280 g/mol. The van der Waals surface area contributed by atoms with Gasteiger partial charge in [0.05, 0.1) is 11.7 Å². The first kappa shape index (κ1) is 15.5. The average molecular weight is 306 g/mol. The first-order valence-electron chi connectivity index (χ1n) is 8.55. The number of likely N-dealkylation sites (tertiary alicyclic amines) is 1. The summed E-state index contributed by atoms with van der Waals surface area (Å²) in [5, 5.41) is 8.50. The minimum absolute atomic E-state index is 0.0986. The van der Waals surface area contributed by atoms with Crippen molar-refractivity contribution < 1.29 is 9.53 Å². The molecule has 2 fully saturated rings. The number of carbonyl (C=O) groups is 1. The zero-order valence-corrected chi connectivity index (χ0v) is 13.4. The normalized spacial score (nSPS) is 21.5. The number of aromatic nitrogens is 3. The molecule has 0 bridgehead atoms. The minimum Gasteiger partial charge on any atom is -0.372 e. The van der Waals surface area contributed by atoms with Crippen LogP contribution >= 0.6 is 0 Å². The molecule has 0 N–H and O–H groups in total. The maximum atomic E-state index is 12.1. The average Bonchev–Trinajstić information content (AvgIpc) is 3.06. The summed E-state index contributed by atoms with van der Waals surface area (Å²) in [6.45, 7) is 4.57. The van der Waals surface area contributed by atoms with Crippen LogP contribution in [0.4, 0.5) is 0 Å². The van der Waals surface area contributed by atoms with Crippen LogP contribution in [0.5, 0.6) is 0 Å². The van der Waals surface area contributed by atoms with Crippen molar-refractivity contribution in [3.8, 4) is 0 Å².